The lowest BCUT2D eigenvalue weighted by atomic mass is 9.67. The summed E-state index contributed by atoms with van der Waals surface area (Å²) in [5.74, 6) is 1.42. The summed E-state index contributed by atoms with van der Waals surface area (Å²) in [7, 11) is 0. The van der Waals surface area contributed by atoms with Crippen molar-refractivity contribution in [2.75, 3.05) is 0 Å². The summed E-state index contributed by atoms with van der Waals surface area (Å²) in [6, 6.07) is 170. The molecule has 25 rings (SSSR count). The molecule has 0 amide bonds. The van der Waals surface area contributed by atoms with Crippen molar-refractivity contribution in [1.29, 1.82) is 0 Å². The van der Waals surface area contributed by atoms with Gasteiger partial charge in [-0.05, 0) is 124 Å². The van der Waals surface area contributed by atoms with E-state index < -0.39 is 10.8 Å². The van der Waals surface area contributed by atoms with Crippen molar-refractivity contribution >= 4 is 65.2 Å². The zero-order valence-electron chi connectivity index (χ0n) is 69.7. The molecule has 0 saturated heterocycles. The molecule has 0 saturated carbocycles. The Hall–Kier alpha value is -16.8. The van der Waals surface area contributed by atoms with E-state index in [-0.39, 0.29) is 0 Å². The van der Waals surface area contributed by atoms with Crippen LogP contribution in [0.2, 0.25) is 0 Å². The van der Waals surface area contributed by atoms with Gasteiger partial charge in [0.2, 0.25) is 0 Å². The van der Waals surface area contributed by atoms with Gasteiger partial charge in [0.1, 0.15) is 0 Å². The van der Waals surface area contributed by atoms with E-state index in [4.69, 9.17) is 29.9 Å². The van der Waals surface area contributed by atoms with Gasteiger partial charge in [-0.25, -0.2) is 29.9 Å². The van der Waals surface area contributed by atoms with Crippen molar-refractivity contribution in [1.82, 2.24) is 29.9 Å². The second-order valence-corrected chi connectivity index (χ2v) is 33.3. The van der Waals surface area contributed by atoms with Gasteiger partial charge in [0.05, 0.1) is 55.7 Å². The summed E-state index contributed by atoms with van der Waals surface area (Å²) in [5.41, 5.74) is 35.1. The molecule has 6 heteroatoms. The fourth-order valence-electron chi connectivity index (χ4n) is 20.6. The molecule has 4 heterocycles. The second-order valence-electron chi connectivity index (χ2n) is 33.3. The topological polar surface area (TPSA) is 77.3 Å². The number of pyridine rings is 2. The minimum Gasteiger partial charge on any atom is -0.247 e. The predicted octanol–water partition coefficient (Wildman–Crippen LogP) is 30.4. The molecule has 0 atom stereocenters. The van der Waals surface area contributed by atoms with Crippen LogP contribution in [0.1, 0.15) is 44.5 Å². The number of aromatic nitrogens is 6. The first-order chi connectivity index (χ1) is 63.5. The molecule has 0 fully saturated rings. The van der Waals surface area contributed by atoms with Crippen LogP contribution in [-0.2, 0) is 10.8 Å². The molecule has 0 spiro atoms. The first-order valence-corrected chi connectivity index (χ1v) is 43.8. The first-order valence-electron chi connectivity index (χ1n) is 43.8. The highest BCUT2D eigenvalue weighted by Gasteiger charge is 2.49. The van der Waals surface area contributed by atoms with Crippen molar-refractivity contribution < 1.29 is 0 Å². The SMILES string of the molecule is c1ccc(-c2ccc(-c3nc(-c4ccc(-c5ccc(-c6nc7ccccc7c7c8c(ccc67)C(c6ccccc6)(c6ccccc6)c6ccccc6-8)cc5)cc4)nc4ccccc34)cc2)cc1.c1ccc(-c2nc(-c3ccc(-c4ccc(-c5nc6ccccc6c6c7c(ccc56)C(c5ccccc5)(c5ccccc5)c5ccccc5-7)cc4)cc3)nc3ccccc23)cc1. The van der Waals surface area contributed by atoms with Crippen LogP contribution in [0.15, 0.2) is 473 Å². The largest absolute Gasteiger partial charge is 0.247 e. The Morgan fingerprint density at radius 1 is 0.141 bits per heavy atom. The number of rotatable bonds is 13. The molecule has 4 aromatic heterocycles. The maximum absolute atomic E-state index is 5.41. The monoisotopic (exact) mass is 1630 g/mol. The average molecular weight is 1630 g/mol. The number of hydrogen-bond acceptors (Lipinski definition) is 6. The van der Waals surface area contributed by atoms with E-state index in [1.807, 2.05) is 30.3 Å². The van der Waals surface area contributed by atoms with E-state index in [2.05, 4.69) is 443 Å². The van der Waals surface area contributed by atoms with E-state index in [0.717, 1.165) is 133 Å². The first kappa shape index (κ1) is 75.0. The zero-order valence-corrected chi connectivity index (χ0v) is 69.7. The summed E-state index contributed by atoms with van der Waals surface area (Å²) in [6.07, 6.45) is 0. The maximum atomic E-state index is 5.41. The number of nitrogens with zero attached hydrogens (tertiary/aromatic N) is 6. The molecule has 23 aromatic rings. The van der Waals surface area contributed by atoms with Crippen molar-refractivity contribution in [2.45, 2.75) is 10.8 Å². The van der Waals surface area contributed by atoms with Gasteiger partial charge >= 0.3 is 0 Å². The fourth-order valence-corrected chi connectivity index (χ4v) is 20.6. The Morgan fingerprint density at radius 3 is 0.711 bits per heavy atom. The van der Waals surface area contributed by atoms with Crippen LogP contribution in [0.25, 0.3) is 189 Å². The lowest BCUT2D eigenvalue weighted by Gasteiger charge is -2.34. The summed E-state index contributed by atoms with van der Waals surface area (Å²) < 4.78 is 0. The minimum atomic E-state index is -0.484. The fraction of sp³-hybridized carbons (Fsp3) is 0.0164. The Balaban J connectivity index is 0.000000143. The second kappa shape index (κ2) is 31.2. The van der Waals surface area contributed by atoms with Crippen LogP contribution in [-0.4, -0.2) is 29.9 Å². The molecule has 0 N–H and O–H groups in total. The van der Waals surface area contributed by atoms with Gasteiger partial charge in [0.25, 0.3) is 0 Å². The molecule has 0 aliphatic heterocycles. The Kier molecular flexibility index (Phi) is 18.3. The van der Waals surface area contributed by atoms with Crippen LogP contribution in [0.4, 0.5) is 0 Å². The number of para-hydroxylation sites is 4. The van der Waals surface area contributed by atoms with E-state index in [9.17, 15) is 0 Å². The molecule has 2 aliphatic carbocycles. The summed E-state index contributed by atoms with van der Waals surface area (Å²) in [6.45, 7) is 0. The molecular formula is C122H78N6. The van der Waals surface area contributed by atoms with Crippen LogP contribution in [0.3, 0.4) is 0 Å². The van der Waals surface area contributed by atoms with Gasteiger partial charge in [0.15, 0.2) is 11.6 Å². The van der Waals surface area contributed by atoms with Crippen molar-refractivity contribution in [3.05, 3.63) is 518 Å². The Morgan fingerprint density at radius 2 is 0.375 bits per heavy atom. The van der Waals surface area contributed by atoms with Crippen molar-refractivity contribution in [3.8, 4) is 123 Å². The molecule has 0 unspecified atom stereocenters. The third-order valence-electron chi connectivity index (χ3n) is 26.4. The minimum absolute atomic E-state index is 0.477. The lowest BCUT2D eigenvalue weighted by molar-refractivity contribution is 0.769. The number of fused-ring (bicyclic) bond motifs is 16. The normalized spacial score (nSPS) is 12.7. The van der Waals surface area contributed by atoms with Crippen LogP contribution in [0, 0.1) is 0 Å². The third kappa shape index (κ3) is 12.4. The molecular weight excluding hydrogens is 1550 g/mol. The highest BCUT2D eigenvalue weighted by Crippen LogP contribution is 2.61. The molecule has 6 nitrogen and oxygen atoms in total. The van der Waals surface area contributed by atoms with E-state index in [1.165, 1.54) is 88.7 Å². The van der Waals surface area contributed by atoms with Gasteiger partial charge < -0.3 is 0 Å². The average Bonchev–Trinajstić information content (AvgIpc) is 1.53. The van der Waals surface area contributed by atoms with Crippen LogP contribution in [0.5, 0.6) is 0 Å². The molecule has 19 aromatic carbocycles. The summed E-state index contributed by atoms with van der Waals surface area (Å²) in [5, 5.41) is 9.16. The van der Waals surface area contributed by atoms with Crippen molar-refractivity contribution in [3.63, 3.8) is 0 Å². The standard InChI is InChI=1S/C64H41N3.C58H37N3/c1-4-16-42(17-5-1)43-28-34-46(35-29-43)61-53-24-12-15-27-58(53)66-63(67-61)48-38-32-45(33-39-48)44-30-36-47(37-31-44)62-54-40-41-56-60(59(54)52-23-11-14-26-57(52)65-62)51-22-10-13-25-55(51)64(56,49-18-6-2-7-19-49)50-20-8-3-9-21-50;1-4-16-40(17-5-1)55-47-24-12-15-27-52(47)60-57(61-55)42-34-30-39(31-35-42)38-28-32-41(33-29-38)56-48-36-37-50-54(53(48)46-23-11-14-26-51(46)59-56)45-22-10-13-25-49(45)58(50,43-18-6-2-7-19-43)44-20-8-3-9-21-44/h1-41H;1-37H. The quantitative estimate of drug-likeness (QED) is 0.107. The number of hydrogen-bond donors (Lipinski definition) is 0. The van der Waals surface area contributed by atoms with E-state index in [0.29, 0.717) is 11.6 Å². The zero-order chi connectivity index (χ0) is 84.6. The van der Waals surface area contributed by atoms with Gasteiger partial charge in [-0.1, -0.05) is 449 Å². The Bertz CT molecular complexity index is 8140. The smallest absolute Gasteiger partial charge is 0.160 e. The molecule has 2 aliphatic rings. The number of benzene rings is 19. The van der Waals surface area contributed by atoms with Gasteiger partial charge in [-0.15, -0.1) is 0 Å². The molecule has 0 radical (unpaired) electrons. The molecule has 0 bridgehead atoms. The van der Waals surface area contributed by atoms with Gasteiger partial charge in [0, 0.05) is 76.5 Å². The Labute approximate surface area is 741 Å². The van der Waals surface area contributed by atoms with Crippen LogP contribution < -0.4 is 0 Å². The lowest BCUT2D eigenvalue weighted by Crippen LogP contribution is -2.28. The predicted molar refractivity (Wildman–Crippen MR) is 528 cm³/mol. The van der Waals surface area contributed by atoms with E-state index in [1.54, 1.807) is 0 Å². The summed E-state index contributed by atoms with van der Waals surface area (Å²) >= 11 is 0. The van der Waals surface area contributed by atoms with Crippen LogP contribution >= 0.6 is 0 Å². The highest BCUT2D eigenvalue weighted by molar-refractivity contribution is 6.21. The van der Waals surface area contributed by atoms with Gasteiger partial charge in [-0.3, -0.25) is 0 Å². The molecule has 596 valence electrons. The van der Waals surface area contributed by atoms with Crippen molar-refractivity contribution in [2.24, 2.45) is 0 Å². The highest BCUT2D eigenvalue weighted by atomic mass is 14.9. The van der Waals surface area contributed by atoms with Gasteiger partial charge in [-0.2, -0.15) is 0 Å². The molecule has 128 heavy (non-hydrogen) atoms. The maximum Gasteiger partial charge on any atom is 0.160 e. The van der Waals surface area contributed by atoms with E-state index >= 15 is 0 Å². The summed E-state index contributed by atoms with van der Waals surface area (Å²) in [4.78, 5) is 31.1. The third-order valence-corrected chi connectivity index (χ3v) is 26.4.